The number of nitrogens with zero attached hydrogens (tertiary/aromatic N) is 1. The number of fused-ring (bicyclic) bond motifs is 1. The highest BCUT2D eigenvalue weighted by Gasteiger charge is 2.22. The van der Waals surface area contributed by atoms with Crippen LogP contribution in [0.15, 0.2) is 97.3 Å². The SMILES string of the molecule is C/C=C/OC.C=C(C)C.CC(C)COc1ccc(-c2c(C(=O)O)n(C)c3ccc(OCc4ccccc4)cc23)cc1. The monoisotopic (exact) mass is 557 g/mol. The molecule has 0 saturated heterocycles. The maximum absolute atomic E-state index is 12.1. The van der Waals surface area contributed by atoms with E-state index in [1.165, 1.54) is 5.57 Å². The Hall–Kier alpha value is -4.45. The number of carbonyl (C=O) groups is 1. The first-order chi connectivity index (χ1) is 19.6. The van der Waals surface area contributed by atoms with Gasteiger partial charge in [-0.25, -0.2) is 4.79 Å². The minimum Gasteiger partial charge on any atom is -0.505 e. The van der Waals surface area contributed by atoms with Gasteiger partial charge in [0.1, 0.15) is 23.8 Å². The molecule has 0 aliphatic carbocycles. The molecule has 0 bridgehead atoms. The Bertz CT molecular complexity index is 1410. The first-order valence-electron chi connectivity index (χ1n) is 13.6. The van der Waals surface area contributed by atoms with Crippen molar-refractivity contribution in [3.63, 3.8) is 0 Å². The van der Waals surface area contributed by atoms with Gasteiger partial charge in [0.05, 0.1) is 20.0 Å². The molecule has 4 aromatic rings. The Morgan fingerprint density at radius 3 is 2.10 bits per heavy atom. The molecule has 0 atom stereocenters. The molecule has 4 rings (SSSR count). The summed E-state index contributed by atoms with van der Waals surface area (Å²) in [5.41, 5.74) is 4.82. The molecule has 1 heterocycles. The molecule has 1 N–H and O–H groups in total. The Morgan fingerprint density at radius 2 is 1.59 bits per heavy atom. The average molecular weight is 558 g/mol. The van der Waals surface area contributed by atoms with Gasteiger partial charge in [-0.1, -0.05) is 68.0 Å². The highest BCUT2D eigenvalue weighted by Crippen LogP contribution is 2.37. The van der Waals surface area contributed by atoms with Gasteiger partial charge in [0, 0.05) is 23.5 Å². The number of hydrogen-bond donors (Lipinski definition) is 1. The standard InChI is InChI=1S/C27H27NO4.C4H8O.C4H8/c1-18(2)16-31-21-11-9-20(10-12-21)25-23-15-22(32-17-19-7-5-4-6-8-19)13-14-24(23)28(3)26(25)27(29)30;1-3-4-5-2;1-4(2)3/h4-15,18H,16-17H2,1-3H3,(H,29,30);3-4H,1-2H3;1H2,2-3H3/b;4-3+;. The van der Waals surface area contributed by atoms with Gasteiger partial charge in [-0.15, -0.1) is 6.58 Å². The molecule has 0 aliphatic heterocycles. The van der Waals surface area contributed by atoms with Crippen LogP contribution in [0.5, 0.6) is 11.5 Å². The summed E-state index contributed by atoms with van der Waals surface area (Å²) in [6.45, 7) is 14.7. The predicted molar refractivity (Wildman–Crippen MR) is 169 cm³/mol. The molecule has 0 fully saturated rings. The lowest BCUT2D eigenvalue weighted by molar-refractivity contribution is 0.0688. The van der Waals surface area contributed by atoms with Crippen LogP contribution in [0, 0.1) is 5.92 Å². The van der Waals surface area contributed by atoms with Crippen molar-refractivity contribution < 1.29 is 24.1 Å². The molecule has 0 aliphatic rings. The van der Waals surface area contributed by atoms with E-state index in [1.54, 1.807) is 25.0 Å². The molecule has 3 aromatic carbocycles. The highest BCUT2D eigenvalue weighted by atomic mass is 16.5. The van der Waals surface area contributed by atoms with Gasteiger partial charge in [0.15, 0.2) is 0 Å². The fourth-order valence-corrected chi connectivity index (χ4v) is 3.91. The maximum Gasteiger partial charge on any atom is 0.353 e. The van der Waals surface area contributed by atoms with Gasteiger partial charge >= 0.3 is 5.97 Å². The second kappa shape index (κ2) is 16.6. The number of carboxylic acid groups (broad SMARTS) is 1. The number of aryl methyl sites for hydroxylation is 1. The molecule has 0 amide bonds. The van der Waals surface area contributed by atoms with E-state index in [2.05, 4.69) is 25.2 Å². The minimum absolute atomic E-state index is 0.246. The molecular weight excluding hydrogens is 514 g/mol. The van der Waals surface area contributed by atoms with Crippen molar-refractivity contribution in [1.29, 1.82) is 0 Å². The van der Waals surface area contributed by atoms with Crippen molar-refractivity contribution in [2.75, 3.05) is 13.7 Å². The largest absolute Gasteiger partial charge is 0.505 e. The zero-order valence-corrected chi connectivity index (χ0v) is 25.3. The third-order valence-corrected chi connectivity index (χ3v) is 5.62. The Labute approximate surface area is 244 Å². The first kappa shape index (κ1) is 32.8. The smallest absolute Gasteiger partial charge is 0.353 e. The average Bonchev–Trinajstić information content (AvgIpc) is 3.24. The number of aromatic carboxylic acids is 1. The van der Waals surface area contributed by atoms with E-state index in [-0.39, 0.29) is 5.69 Å². The normalized spacial score (nSPS) is 10.4. The van der Waals surface area contributed by atoms with Gasteiger partial charge in [0.25, 0.3) is 0 Å². The van der Waals surface area contributed by atoms with Gasteiger partial charge < -0.3 is 23.9 Å². The summed E-state index contributed by atoms with van der Waals surface area (Å²) in [5.74, 6) is 0.930. The molecule has 6 nitrogen and oxygen atoms in total. The van der Waals surface area contributed by atoms with E-state index in [1.807, 2.05) is 99.6 Å². The summed E-state index contributed by atoms with van der Waals surface area (Å²) < 4.78 is 18.0. The number of carboxylic acids is 1. The van der Waals surface area contributed by atoms with E-state index < -0.39 is 5.97 Å². The van der Waals surface area contributed by atoms with Gasteiger partial charge in [-0.05, 0) is 68.1 Å². The molecule has 218 valence electrons. The topological polar surface area (TPSA) is 69.9 Å². The molecule has 0 radical (unpaired) electrons. The van der Waals surface area contributed by atoms with Crippen LogP contribution in [0.3, 0.4) is 0 Å². The molecule has 1 aromatic heterocycles. The van der Waals surface area contributed by atoms with Crippen LogP contribution < -0.4 is 9.47 Å². The number of ether oxygens (including phenoxy) is 3. The Kier molecular flexibility index (Phi) is 13.3. The van der Waals surface area contributed by atoms with Gasteiger partial charge in [-0.3, -0.25) is 0 Å². The second-order valence-electron chi connectivity index (χ2n) is 10.2. The van der Waals surface area contributed by atoms with E-state index in [0.717, 1.165) is 27.8 Å². The number of rotatable bonds is 9. The number of allylic oxidation sites excluding steroid dienone is 2. The van der Waals surface area contributed by atoms with Gasteiger partial charge in [-0.2, -0.15) is 0 Å². The highest BCUT2D eigenvalue weighted by molar-refractivity contribution is 6.08. The van der Waals surface area contributed by atoms with Crippen LogP contribution in [0.1, 0.15) is 50.7 Å². The second-order valence-corrected chi connectivity index (χ2v) is 10.2. The summed E-state index contributed by atoms with van der Waals surface area (Å²) in [5, 5.41) is 10.8. The lowest BCUT2D eigenvalue weighted by atomic mass is 10.0. The van der Waals surface area contributed by atoms with Crippen LogP contribution in [0.2, 0.25) is 0 Å². The molecular formula is C35H43NO5. The van der Waals surface area contributed by atoms with Crippen molar-refractivity contribution in [2.45, 2.75) is 41.2 Å². The summed E-state index contributed by atoms with van der Waals surface area (Å²) >= 11 is 0. The third-order valence-electron chi connectivity index (χ3n) is 5.62. The maximum atomic E-state index is 12.1. The molecule has 6 heteroatoms. The van der Waals surface area contributed by atoms with Gasteiger partial charge in [0.2, 0.25) is 0 Å². The van der Waals surface area contributed by atoms with E-state index >= 15 is 0 Å². The van der Waals surface area contributed by atoms with E-state index in [9.17, 15) is 9.90 Å². The number of hydrogen-bond acceptors (Lipinski definition) is 4. The molecule has 41 heavy (non-hydrogen) atoms. The van der Waals surface area contributed by atoms with Crippen molar-refractivity contribution in [3.8, 4) is 22.6 Å². The molecule has 0 saturated carbocycles. The lowest BCUT2D eigenvalue weighted by Crippen LogP contribution is -2.06. The van der Waals surface area contributed by atoms with Crippen molar-refractivity contribution in [3.05, 3.63) is 109 Å². The number of aromatic nitrogens is 1. The summed E-state index contributed by atoms with van der Waals surface area (Å²) in [6, 6.07) is 23.3. The van der Waals surface area contributed by atoms with Crippen LogP contribution >= 0.6 is 0 Å². The Morgan fingerprint density at radius 1 is 0.976 bits per heavy atom. The predicted octanol–water partition coefficient (Wildman–Crippen LogP) is 8.91. The number of benzene rings is 3. The van der Waals surface area contributed by atoms with E-state index in [0.29, 0.717) is 30.4 Å². The molecule has 0 unspecified atom stereocenters. The van der Waals surface area contributed by atoms with Crippen LogP contribution in [-0.4, -0.2) is 29.4 Å². The van der Waals surface area contributed by atoms with Crippen LogP contribution in [0.4, 0.5) is 0 Å². The van der Waals surface area contributed by atoms with E-state index in [4.69, 9.17) is 9.47 Å². The number of methoxy groups -OCH3 is 1. The Balaban J connectivity index is 0.000000571. The minimum atomic E-state index is -0.967. The third kappa shape index (κ3) is 10.2. The summed E-state index contributed by atoms with van der Waals surface area (Å²) in [4.78, 5) is 12.1. The van der Waals surface area contributed by atoms with Crippen molar-refractivity contribution in [2.24, 2.45) is 13.0 Å². The van der Waals surface area contributed by atoms with Crippen LogP contribution in [0.25, 0.3) is 22.0 Å². The first-order valence-corrected chi connectivity index (χ1v) is 13.6. The van der Waals surface area contributed by atoms with Crippen LogP contribution in [-0.2, 0) is 18.4 Å². The fourth-order valence-electron chi connectivity index (χ4n) is 3.91. The quantitative estimate of drug-likeness (QED) is 0.164. The summed E-state index contributed by atoms with van der Waals surface area (Å²) in [7, 11) is 3.40. The van der Waals surface area contributed by atoms with Crippen molar-refractivity contribution in [1.82, 2.24) is 4.57 Å². The lowest BCUT2D eigenvalue weighted by Gasteiger charge is -2.10. The zero-order chi connectivity index (χ0) is 30.4. The summed E-state index contributed by atoms with van der Waals surface area (Å²) in [6.07, 6.45) is 3.46. The zero-order valence-electron chi connectivity index (χ0n) is 25.3. The van der Waals surface area contributed by atoms with Crippen molar-refractivity contribution >= 4 is 16.9 Å². The fraction of sp³-hybridized carbons (Fsp3) is 0.286. The molecule has 0 spiro atoms.